The van der Waals surface area contributed by atoms with E-state index in [1.807, 2.05) is 0 Å². The lowest BCUT2D eigenvalue weighted by Gasteiger charge is -2.09. The zero-order valence-corrected chi connectivity index (χ0v) is 10.8. The molecule has 6 nitrogen and oxygen atoms in total. The van der Waals surface area contributed by atoms with Crippen LogP contribution >= 0.6 is 22.3 Å². The molecule has 0 aliphatic rings. The molecule has 0 bridgehead atoms. The maximum atomic E-state index is 11.3. The summed E-state index contributed by atoms with van der Waals surface area (Å²) in [6, 6.07) is 1.80. The summed E-state index contributed by atoms with van der Waals surface area (Å²) in [6.07, 6.45) is 0. The van der Waals surface area contributed by atoms with Gasteiger partial charge in [0.2, 0.25) is 0 Å². The Labute approximate surface area is 107 Å². The first kappa shape index (κ1) is 14.0. The summed E-state index contributed by atoms with van der Waals surface area (Å²) < 4.78 is 27.5. The van der Waals surface area contributed by atoms with Crippen molar-refractivity contribution in [2.24, 2.45) is 0 Å². The molecular formula is C8H7Cl2NO5S. The maximum absolute atomic E-state index is 11.3. The van der Waals surface area contributed by atoms with Gasteiger partial charge >= 0.3 is 0 Å². The van der Waals surface area contributed by atoms with E-state index in [-0.39, 0.29) is 17.4 Å². The van der Waals surface area contributed by atoms with E-state index < -0.39 is 24.6 Å². The number of rotatable bonds is 4. The highest BCUT2D eigenvalue weighted by Crippen LogP contribution is 2.37. The van der Waals surface area contributed by atoms with Crippen LogP contribution in [0.2, 0.25) is 5.02 Å². The van der Waals surface area contributed by atoms with E-state index in [9.17, 15) is 18.5 Å². The number of ether oxygens (including phenoxy) is 1. The van der Waals surface area contributed by atoms with E-state index >= 15 is 0 Å². The molecule has 0 radical (unpaired) electrons. The van der Waals surface area contributed by atoms with Gasteiger partial charge in [-0.1, -0.05) is 11.6 Å². The van der Waals surface area contributed by atoms with Crippen molar-refractivity contribution in [2.75, 3.05) is 6.61 Å². The Bertz CT molecular complexity index is 557. The minimum Gasteiger partial charge on any atom is -0.491 e. The largest absolute Gasteiger partial charge is 0.491 e. The van der Waals surface area contributed by atoms with Gasteiger partial charge in [0.25, 0.3) is 14.7 Å². The molecule has 9 heteroatoms. The third-order valence-corrected chi connectivity index (χ3v) is 3.36. The molecule has 0 atom stereocenters. The fourth-order valence-electron chi connectivity index (χ4n) is 1.13. The molecule has 0 N–H and O–H groups in total. The van der Waals surface area contributed by atoms with Crippen LogP contribution in [0.4, 0.5) is 5.69 Å². The standard InChI is InChI=1S/C8H7Cl2NO5S/c1-2-16-8-6(9)3-5(11(12)13)4-7(8)17(10,14)15/h3-4H,2H2,1H3. The number of nitro benzene ring substituents is 1. The van der Waals surface area contributed by atoms with E-state index in [4.69, 9.17) is 27.0 Å². The lowest BCUT2D eigenvalue weighted by molar-refractivity contribution is -0.385. The topological polar surface area (TPSA) is 86.5 Å². The predicted molar refractivity (Wildman–Crippen MR) is 62.3 cm³/mol. The molecule has 0 aromatic heterocycles. The van der Waals surface area contributed by atoms with Crippen molar-refractivity contribution in [1.82, 2.24) is 0 Å². The number of nitro groups is 1. The summed E-state index contributed by atoms with van der Waals surface area (Å²) in [7, 11) is 0.983. The molecule has 94 valence electrons. The van der Waals surface area contributed by atoms with Gasteiger partial charge in [-0.25, -0.2) is 8.42 Å². The van der Waals surface area contributed by atoms with Crippen LogP contribution < -0.4 is 4.74 Å². The summed E-state index contributed by atoms with van der Waals surface area (Å²) in [6.45, 7) is 1.76. The van der Waals surface area contributed by atoms with Gasteiger partial charge in [0, 0.05) is 22.8 Å². The smallest absolute Gasteiger partial charge is 0.272 e. The highest BCUT2D eigenvalue weighted by Gasteiger charge is 2.24. The quantitative estimate of drug-likeness (QED) is 0.484. The summed E-state index contributed by atoms with van der Waals surface area (Å²) in [5.41, 5.74) is -0.474. The van der Waals surface area contributed by atoms with Crippen molar-refractivity contribution in [1.29, 1.82) is 0 Å². The second-order valence-electron chi connectivity index (χ2n) is 2.88. The minimum absolute atomic E-state index is 0.150. The Morgan fingerprint density at radius 1 is 1.47 bits per heavy atom. The predicted octanol–water partition coefficient (Wildman–Crippen LogP) is 2.57. The van der Waals surface area contributed by atoms with Gasteiger partial charge in [-0.3, -0.25) is 10.1 Å². The fraction of sp³-hybridized carbons (Fsp3) is 0.250. The van der Waals surface area contributed by atoms with Gasteiger partial charge in [0.05, 0.1) is 16.6 Å². The molecular weight excluding hydrogens is 293 g/mol. The van der Waals surface area contributed by atoms with Crippen molar-refractivity contribution >= 4 is 37.0 Å². The fourth-order valence-corrected chi connectivity index (χ4v) is 2.45. The monoisotopic (exact) mass is 299 g/mol. The zero-order valence-electron chi connectivity index (χ0n) is 8.51. The van der Waals surface area contributed by atoms with E-state index in [0.29, 0.717) is 0 Å². The van der Waals surface area contributed by atoms with Crippen LogP contribution in [0.25, 0.3) is 0 Å². The van der Waals surface area contributed by atoms with Gasteiger partial charge in [-0.15, -0.1) is 0 Å². The molecule has 1 aromatic carbocycles. The lowest BCUT2D eigenvalue weighted by Crippen LogP contribution is -2.02. The average Bonchev–Trinajstić information content (AvgIpc) is 2.18. The number of halogens is 2. The first-order valence-corrected chi connectivity index (χ1v) is 7.01. The molecule has 1 rings (SSSR count). The van der Waals surface area contributed by atoms with Crippen LogP contribution in [0.3, 0.4) is 0 Å². The Kier molecular flexibility index (Phi) is 4.18. The molecule has 0 heterocycles. The van der Waals surface area contributed by atoms with Gasteiger partial charge in [-0.2, -0.15) is 0 Å². The van der Waals surface area contributed by atoms with Crippen LogP contribution in [0, 0.1) is 10.1 Å². The number of hydrogen-bond acceptors (Lipinski definition) is 5. The molecule has 0 fully saturated rings. The third kappa shape index (κ3) is 3.21. The first-order valence-electron chi connectivity index (χ1n) is 4.32. The van der Waals surface area contributed by atoms with Crippen molar-refractivity contribution in [3.63, 3.8) is 0 Å². The summed E-state index contributed by atoms with van der Waals surface area (Å²) in [4.78, 5) is 9.29. The Hall–Kier alpha value is -1.05. The van der Waals surface area contributed by atoms with Gasteiger partial charge in [0.15, 0.2) is 5.75 Å². The summed E-state index contributed by atoms with van der Waals surface area (Å²) in [5, 5.41) is 10.4. The average molecular weight is 300 g/mol. The molecule has 1 aromatic rings. The zero-order chi connectivity index (χ0) is 13.2. The lowest BCUT2D eigenvalue weighted by atomic mass is 10.3. The van der Waals surface area contributed by atoms with Gasteiger partial charge in [-0.05, 0) is 6.92 Å². The van der Waals surface area contributed by atoms with E-state index in [1.54, 1.807) is 6.92 Å². The number of nitrogens with zero attached hydrogens (tertiary/aromatic N) is 1. The minimum atomic E-state index is -4.18. The maximum Gasteiger partial charge on any atom is 0.272 e. The second kappa shape index (κ2) is 5.07. The van der Waals surface area contributed by atoms with E-state index in [2.05, 4.69) is 0 Å². The first-order chi connectivity index (χ1) is 7.77. The molecule has 0 saturated heterocycles. The van der Waals surface area contributed by atoms with Crippen molar-refractivity contribution < 1.29 is 18.1 Å². The van der Waals surface area contributed by atoms with Crippen LogP contribution in [-0.4, -0.2) is 19.9 Å². The van der Waals surface area contributed by atoms with E-state index in [0.717, 1.165) is 12.1 Å². The normalized spacial score (nSPS) is 11.2. The van der Waals surface area contributed by atoms with Gasteiger partial charge in [0.1, 0.15) is 4.90 Å². The Balaban J connectivity index is 3.56. The SMILES string of the molecule is CCOc1c(Cl)cc([N+](=O)[O-])cc1S(=O)(=O)Cl. The molecule has 17 heavy (non-hydrogen) atoms. The number of hydrogen-bond donors (Lipinski definition) is 0. The highest BCUT2D eigenvalue weighted by molar-refractivity contribution is 8.13. The second-order valence-corrected chi connectivity index (χ2v) is 5.82. The summed E-state index contributed by atoms with van der Waals surface area (Å²) in [5.74, 6) is -0.185. The highest BCUT2D eigenvalue weighted by atomic mass is 35.7. The molecule has 0 spiro atoms. The van der Waals surface area contributed by atoms with Crippen molar-refractivity contribution in [3.05, 3.63) is 27.3 Å². The van der Waals surface area contributed by atoms with E-state index in [1.165, 1.54) is 0 Å². The van der Waals surface area contributed by atoms with Crippen molar-refractivity contribution in [3.8, 4) is 5.75 Å². The Morgan fingerprint density at radius 2 is 2.06 bits per heavy atom. The van der Waals surface area contributed by atoms with Crippen molar-refractivity contribution in [2.45, 2.75) is 11.8 Å². The van der Waals surface area contributed by atoms with Crippen LogP contribution in [0.15, 0.2) is 17.0 Å². The molecule has 0 saturated carbocycles. The van der Waals surface area contributed by atoms with Crippen LogP contribution in [0.1, 0.15) is 6.92 Å². The molecule has 0 aliphatic carbocycles. The summed E-state index contributed by atoms with van der Waals surface area (Å²) >= 11 is 5.71. The van der Waals surface area contributed by atoms with Crippen LogP contribution in [0.5, 0.6) is 5.75 Å². The number of benzene rings is 1. The Morgan fingerprint density at radius 3 is 2.47 bits per heavy atom. The third-order valence-electron chi connectivity index (χ3n) is 1.76. The van der Waals surface area contributed by atoms with Gasteiger partial charge < -0.3 is 4.74 Å². The molecule has 0 unspecified atom stereocenters. The molecule has 0 amide bonds. The number of non-ortho nitro benzene ring substituents is 1. The molecule has 0 aliphatic heterocycles. The van der Waals surface area contributed by atoms with Crippen LogP contribution in [-0.2, 0) is 9.05 Å².